The first kappa shape index (κ1) is 11.4. The summed E-state index contributed by atoms with van der Waals surface area (Å²) in [4.78, 5) is 0. The lowest BCUT2D eigenvalue weighted by atomic mass is 10.0. The molecule has 0 spiro atoms. The van der Waals surface area contributed by atoms with Crippen LogP contribution in [0.2, 0.25) is 0 Å². The summed E-state index contributed by atoms with van der Waals surface area (Å²) < 4.78 is 5.37. The van der Waals surface area contributed by atoms with Gasteiger partial charge in [0.1, 0.15) is 0 Å². The Morgan fingerprint density at radius 2 is 2.06 bits per heavy atom. The minimum absolute atomic E-state index is 0.680. The molecule has 0 unspecified atom stereocenters. The van der Waals surface area contributed by atoms with Gasteiger partial charge in [-0.25, -0.2) is 0 Å². The van der Waals surface area contributed by atoms with E-state index in [1.807, 2.05) is 12.1 Å². The van der Waals surface area contributed by atoms with Gasteiger partial charge in [0.25, 0.3) is 0 Å². The Hall–Kier alpha value is -1.68. The van der Waals surface area contributed by atoms with Crippen molar-refractivity contribution in [3.05, 3.63) is 30.5 Å². The van der Waals surface area contributed by atoms with Gasteiger partial charge in [-0.2, -0.15) is 5.10 Å². The van der Waals surface area contributed by atoms with E-state index in [0.717, 1.165) is 49.2 Å². The van der Waals surface area contributed by atoms with Crippen LogP contribution in [0, 0.1) is 5.92 Å². The van der Waals surface area contributed by atoms with Crippen molar-refractivity contribution in [1.29, 1.82) is 0 Å². The lowest BCUT2D eigenvalue weighted by Crippen LogP contribution is -2.23. The molecular formula is C14H17N3O. The highest BCUT2D eigenvalue weighted by Gasteiger charge is 2.14. The van der Waals surface area contributed by atoms with Gasteiger partial charge < -0.3 is 10.1 Å². The zero-order chi connectivity index (χ0) is 12.2. The molecule has 18 heavy (non-hydrogen) atoms. The van der Waals surface area contributed by atoms with Crippen molar-refractivity contribution in [3.8, 4) is 0 Å². The highest BCUT2D eigenvalue weighted by atomic mass is 16.5. The highest BCUT2D eigenvalue weighted by molar-refractivity contribution is 5.90. The molecule has 0 bridgehead atoms. The third kappa shape index (κ3) is 2.43. The Bertz CT molecular complexity index is 518. The van der Waals surface area contributed by atoms with Gasteiger partial charge in [0.2, 0.25) is 0 Å². The van der Waals surface area contributed by atoms with Gasteiger partial charge in [-0.3, -0.25) is 0 Å². The van der Waals surface area contributed by atoms with Crippen LogP contribution < -0.4 is 5.32 Å². The van der Waals surface area contributed by atoms with E-state index in [1.165, 1.54) is 0 Å². The molecule has 2 aromatic rings. The maximum atomic E-state index is 5.37. The molecule has 3 rings (SSSR count). The molecule has 0 saturated carbocycles. The fraction of sp³-hybridized carbons (Fsp3) is 0.429. The van der Waals surface area contributed by atoms with Crippen molar-refractivity contribution < 1.29 is 4.74 Å². The number of fused-ring (bicyclic) bond motifs is 1. The number of anilines is 1. The second-order valence-corrected chi connectivity index (χ2v) is 4.72. The third-order valence-corrected chi connectivity index (χ3v) is 3.47. The topological polar surface area (TPSA) is 47.0 Å². The zero-order valence-electron chi connectivity index (χ0n) is 10.3. The third-order valence-electron chi connectivity index (χ3n) is 3.47. The van der Waals surface area contributed by atoms with E-state index in [2.05, 4.69) is 27.6 Å². The van der Waals surface area contributed by atoms with E-state index < -0.39 is 0 Å². The lowest BCUT2D eigenvalue weighted by Gasteiger charge is -2.22. The Morgan fingerprint density at radius 1 is 1.22 bits per heavy atom. The van der Waals surface area contributed by atoms with E-state index >= 15 is 0 Å². The molecule has 4 heteroatoms. The minimum atomic E-state index is 0.680. The van der Waals surface area contributed by atoms with E-state index in [4.69, 9.17) is 4.74 Å². The summed E-state index contributed by atoms with van der Waals surface area (Å²) in [6, 6.07) is 8.19. The number of rotatable bonds is 3. The summed E-state index contributed by atoms with van der Waals surface area (Å²) in [6.45, 7) is 2.72. The Morgan fingerprint density at radius 3 is 2.94 bits per heavy atom. The summed E-state index contributed by atoms with van der Waals surface area (Å²) in [5.41, 5.74) is 0. The molecule has 1 aromatic heterocycles. The minimum Gasteiger partial charge on any atom is -0.381 e. The SMILES string of the molecule is c1ccc2c(NCC3CCOCC3)nncc2c1. The number of hydrogen-bond donors (Lipinski definition) is 1. The second-order valence-electron chi connectivity index (χ2n) is 4.72. The fourth-order valence-corrected chi connectivity index (χ4v) is 2.35. The largest absolute Gasteiger partial charge is 0.381 e. The predicted octanol–water partition coefficient (Wildman–Crippen LogP) is 2.47. The molecule has 2 heterocycles. The number of ether oxygens (including phenoxy) is 1. The Kier molecular flexibility index (Phi) is 3.37. The first-order valence-corrected chi connectivity index (χ1v) is 6.45. The van der Waals surface area contributed by atoms with Crippen LogP contribution in [0.4, 0.5) is 5.82 Å². The van der Waals surface area contributed by atoms with Gasteiger partial charge in [-0.1, -0.05) is 24.3 Å². The fourth-order valence-electron chi connectivity index (χ4n) is 2.35. The van der Waals surface area contributed by atoms with Gasteiger partial charge in [-0.05, 0) is 18.8 Å². The van der Waals surface area contributed by atoms with Crippen LogP contribution in [0.25, 0.3) is 10.8 Å². The molecule has 4 nitrogen and oxygen atoms in total. The van der Waals surface area contributed by atoms with E-state index in [0.29, 0.717) is 5.92 Å². The molecule has 1 N–H and O–H groups in total. The second kappa shape index (κ2) is 5.31. The number of aromatic nitrogens is 2. The van der Waals surface area contributed by atoms with Crippen LogP contribution in [0.1, 0.15) is 12.8 Å². The van der Waals surface area contributed by atoms with Gasteiger partial charge >= 0.3 is 0 Å². The van der Waals surface area contributed by atoms with Crippen LogP contribution in [0.3, 0.4) is 0 Å². The number of nitrogens with zero attached hydrogens (tertiary/aromatic N) is 2. The number of hydrogen-bond acceptors (Lipinski definition) is 4. The smallest absolute Gasteiger partial charge is 0.156 e. The van der Waals surface area contributed by atoms with E-state index in [1.54, 1.807) is 6.20 Å². The van der Waals surface area contributed by atoms with Gasteiger partial charge in [0.05, 0.1) is 6.20 Å². The zero-order valence-corrected chi connectivity index (χ0v) is 10.3. The monoisotopic (exact) mass is 243 g/mol. The van der Waals surface area contributed by atoms with Crippen molar-refractivity contribution in [1.82, 2.24) is 10.2 Å². The molecule has 1 aromatic carbocycles. The molecule has 0 amide bonds. The van der Waals surface area contributed by atoms with E-state index in [-0.39, 0.29) is 0 Å². The van der Waals surface area contributed by atoms with Crippen molar-refractivity contribution in [2.75, 3.05) is 25.1 Å². The summed E-state index contributed by atoms with van der Waals surface area (Å²) in [5.74, 6) is 1.57. The van der Waals surface area contributed by atoms with Crippen LogP contribution in [-0.4, -0.2) is 30.0 Å². The Labute approximate surface area is 106 Å². The van der Waals surface area contributed by atoms with Crippen molar-refractivity contribution >= 4 is 16.6 Å². The molecule has 0 atom stereocenters. The normalized spacial score (nSPS) is 16.9. The van der Waals surface area contributed by atoms with Gasteiger partial charge in [-0.15, -0.1) is 5.10 Å². The summed E-state index contributed by atoms with van der Waals surface area (Å²) in [7, 11) is 0. The van der Waals surface area contributed by atoms with E-state index in [9.17, 15) is 0 Å². The average Bonchev–Trinajstić information content (AvgIpc) is 2.46. The van der Waals surface area contributed by atoms with Crippen molar-refractivity contribution in [2.45, 2.75) is 12.8 Å². The predicted molar refractivity (Wildman–Crippen MR) is 71.6 cm³/mol. The molecule has 1 aliphatic rings. The number of benzene rings is 1. The lowest BCUT2D eigenvalue weighted by molar-refractivity contribution is 0.0699. The standard InChI is InChI=1S/C14H17N3O/c1-2-4-13-12(3-1)10-16-17-14(13)15-9-11-5-7-18-8-6-11/h1-4,10-11H,5-9H2,(H,15,17). The molecular weight excluding hydrogens is 226 g/mol. The summed E-state index contributed by atoms with van der Waals surface area (Å²) >= 11 is 0. The van der Waals surface area contributed by atoms with Gasteiger partial charge in [0.15, 0.2) is 5.82 Å². The maximum Gasteiger partial charge on any atom is 0.156 e. The Balaban J connectivity index is 1.74. The number of nitrogens with one attached hydrogen (secondary N) is 1. The molecule has 0 aliphatic carbocycles. The molecule has 0 radical (unpaired) electrons. The molecule has 1 fully saturated rings. The summed E-state index contributed by atoms with van der Waals surface area (Å²) in [5, 5.41) is 13.9. The summed E-state index contributed by atoms with van der Waals surface area (Å²) in [6.07, 6.45) is 4.06. The van der Waals surface area contributed by atoms with Crippen LogP contribution in [0.15, 0.2) is 30.5 Å². The quantitative estimate of drug-likeness (QED) is 0.899. The van der Waals surface area contributed by atoms with Crippen LogP contribution in [0.5, 0.6) is 0 Å². The first-order valence-electron chi connectivity index (χ1n) is 6.45. The highest BCUT2D eigenvalue weighted by Crippen LogP contribution is 2.21. The van der Waals surface area contributed by atoms with Crippen LogP contribution >= 0.6 is 0 Å². The van der Waals surface area contributed by atoms with Crippen molar-refractivity contribution in [3.63, 3.8) is 0 Å². The molecule has 94 valence electrons. The van der Waals surface area contributed by atoms with Gasteiger partial charge in [0, 0.05) is 30.5 Å². The molecule has 1 saturated heterocycles. The maximum absolute atomic E-state index is 5.37. The van der Waals surface area contributed by atoms with Crippen molar-refractivity contribution in [2.24, 2.45) is 5.92 Å². The first-order chi connectivity index (χ1) is 8.93. The average molecular weight is 243 g/mol. The molecule has 1 aliphatic heterocycles. The van der Waals surface area contributed by atoms with Crippen LogP contribution in [-0.2, 0) is 4.74 Å².